The summed E-state index contributed by atoms with van der Waals surface area (Å²) >= 11 is 1.54. The van der Waals surface area contributed by atoms with Crippen LogP contribution in [0.1, 0.15) is 44.1 Å². The molecular formula is C27H26N6O3S. The number of pyridine rings is 2. The average Bonchev–Trinajstić information content (AvgIpc) is 3.68. The van der Waals surface area contributed by atoms with E-state index in [-0.39, 0.29) is 0 Å². The first-order chi connectivity index (χ1) is 17.9. The van der Waals surface area contributed by atoms with Gasteiger partial charge < -0.3 is 14.1 Å². The van der Waals surface area contributed by atoms with Crippen molar-refractivity contribution in [2.75, 3.05) is 18.0 Å². The lowest BCUT2D eigenvalue weighted by Gasteiger charge is -2.19. The number of thiophene rings is 1. The number of hydrogen-bond donors (Lipinski definition) is 0. The second-order valence-corrected chi connectivity index (χ2v) is 10.7. The first-order valence-electron chi connectivity index (χ1n) is 12.2. The Morgan fingerprint density at radius 3 is 2.57 bits per heavy atom. The molecule has 0 N–H and O–H groups in total. The molecule has 0 aromatic carbocycles. The molecule has 0 aliphatic carbocycles. The summed E-state index contributed by atoms with van der Waals surface area (Å²) in [5.41, 5.74) is 2.98. The van der Waals surface area contributed by atoms with Crippen molar-refractivity contribution in [3.05, 3.63) is 59.2 Å². The summed E-state index contributed by atoms with van der Waals surface area (Å²) in [4.78, 5) is 25.0. The zero-order valence-corrected chi connectivity index (χ0v) is 21.7. The zero-order chi connectivity index (χ0) is 25.6. The minimum Gasteiger partial charge on any atom is -0.455 e. The Labute approximate surface area is 217 Å². The van der Waals surface area contributed by atoms with Crippen LogP contribution < -0.4 is 4.90 Å². The molecular weight excluding hydrogens is 488 g/mol. The van der Waals surface area contributed by atoms with Gasteiger partial charge in [-0.3, -0.25) is 4.40 Å². The lowest BCUT2D eigenvalue weighted by Crippen LogP contribution is -2.25. The van der Waals surface area contributed by atoms with Crippen LogP contribution in [0.2, 0.25) is 0 Å². The van der Waals surface area contributed by atoms with E-state index in [9.17, 15) is 4.79 Å². The van der Waals surface area contributed by atoms with Crippen molar-refractivity contribution in [2.24, 2.45) is 0 Å². The maximum atomic E-state index is 13.3. The second kappa shape index (κ2) is 9.11. The van der Waals surface area contributed by atoms with Gasteiger partial charge in [-0.2, -0.15) is 11.3 Å². The number of esters is 1. The molecule has 1 aliphatic heterocycles. The quantitative estimate of drug-likeness (QED) is 0.274. The van der Waals surface area contributed by atoms with Crippen molar-refractivity contribution in [1.82, 2.24) is 24.6 Å². The van der Waals surface area contributed by atoms with E-state index in [4.69, 9.17) is 14.1 Å². The fourth-order valence-corrected chi connectivity index (χ4v) is 5.09. The molecule has 6 heterocycles. The normalized spacial score (nSPS) is 14.0. The van der Waals surface area contributed by atoms with Crippen molar-refractivity contribution in [3.8, 4) is 34.2 Å². The Bertz CT molecular complexity index is 1560. The molecule has 1 fully saturated rings. The predicted molar refractivity (Wildman–Crippen MR) is 142 cm³/mol. The molecule has 9 nitrogen and oxygen atoms in total. The van der Waals surface area contributed by atoms with Gasteiger partial charge in [0.25, 0.3) is 5.89 Å². The van der Waals surface area contributed by atoms with Gasteiger partial charge in [-0.05, 0) is 69.3 Å². The molecule has 0 unspecified atom stereocenters. The van der Waals surface area contributed by atoms with Crippen LogP contribution in [0.25, 0.3) is 39.8 Å². The molecule has 6 rings (SSSR count). The number of aromatic nitrogens is 5. The average molecular weight is 515 g/mol. The number of carbonyl (C=O) groups is 1. The molecule has 5 aromatic heterocycles. The highest BCUT2D eigenvalue weighted by Gasteiger charge is 2.28. The minimum absolute atomic E-state index is 0.307. The van der Waals surface area contributed by atoms with Crippen molar-refractivity contribution in [2.45, 2.75) is 39.2 Å². The first-order valence-corrected chi connectivity index (χ1v) is 13.1. The highest BCUT2D eigenvalue weighted by molar-refractivity contribution is 7.08. The van der Waals surface area contributed by atoms with Gasteiger partial charge in [0.2, 0.25) is 5.89 Å². The Balaban J connectivity index is 1.40. The van der Waals surface area contributed by atoms with E-state index >= 15 is 0 Å². The molecule has 0 spiro atoms. The SMILES string of the molecule is CC(C)(C)OC(=O)c1c(-c2ccsc2)nc2c(-c3nnc(-c4ccc(N5CCCC5)nc4)o3)cccn12. The van der Waals surface area contributed by atoms with Crippen molar-refractivity contribution in [3.63, 3.8) is 0 Å². The van der Waals surface area contributed by atoms with Crippen molar-refractivity contribution in [1.29, 1.82) is 0 Å². The standard InChI is InChI=1S/C27H26N6O3S/c1-27(2,3)36-26(34)22-21(18-10-14-37-16-18)29-23-19(7-6-13-33(22)23)25-31-30-24(35-25)17-8-9-20(28-15-17)32-11-4-5-12-32/h6-10,13-16H,4-5,11-12H2,1-3H3. The summed E-state index contributed by atoms with van der Waals surface area (Å²) in [7, 11) is 0. The number of ether oxygens (including phenoxy) is 1. The van der Waals surface area contributed by atoms with E-state index in [0.29, 0.717) is 34.4 Å². The third-order valence-corrected chi connectivity index (χ3v) is 6.80. The van der Waals surface area contributed by atoms with Crippen LogP contribution in [-0.2, 0) is 4.74 Å². The highest BCUT2D eigenvalue weighted by Crippen LogP contribution is 2.33. The van der Waals surface area contributed by atoms with Crippen LogP contribution in [-0.4, -0.2) is 49.2 Å². The summed E-state index contributed by atoms with van der Waals surface area (Å²) in [5, 5.41) is 12.5. The fourth-order valence-electron chi connectivity index (χ4n) is 4.45. The Hall–Kier alpha value is -4.05. The highest BCUT2D eigenvalue weighted by atomic mass is 32.1. The molecule has 0 atom stereocenters. The molecule has 0 bridgehead atoms. The van der Waals surface area contributed by atoms with Gasteiger partial charge in [-0.15, -0.1) is 10.2 Å². The number of imidazole rings is 1. The Morgan fingerprint density at radius 2 is 1.86 bits per heavy atom. The Kier molecular flexibility index (Phi) is 5.75. The molecule has 1 aliphatic rings. The lowest BCUT2D eigenvalue weighted by atomic mass is 10.1. The minimum atomic E-state index is -0.648. The van der Waals surface area contributed by atoms with E-state index < -0.39 is 11.6 Å². The third kappa shape index (κ3) is 4.48. The number of fused-ring (bicyclic) bond motifs is 1. The molecule has 0 radical (unpaired) electrons. The molecule has 10 heteroatoms. The van der Waals surface area contributed by atoms with Gasteiger partial charge >= 0.3 is 5.97 Å². The van der Waals surface area contributed by atoms with Gasteiger partial charge in [0, 0.05) is 36.4 Å². The van der Waals surface area contributed by atoms with E-state index in [0.717, 1.165) is 30.0 Å². The topological polar surface area (TPSA) is 98.6 Å². The molecule has 0 amide bonds. The van der Waals surface area contributed by atoms with E-state index in [1.165, 1.54) is 24.2 Å². The second-order valence-electron chi connectivity index (χ2n) is 9.95. The van der Waals surface area contributed by atoms with E-state index in [1.54, 1.807) is 16.8 Å². The summed E-state index contributed by atoms with van der Waals surface area (Å²) in [5.74, 6) is 1.18. The smallest absolute Gasteiger partial charge is 0.358 e. The molecule has 37 heavy (non-hydrogen) atoms. The van der Waals surface area contributed by atoms with Crippen molar-refractivity contribution < 1.29 is 13.9 Å². The van der Waals surface area contributed by atoms with E-state index in [1.807, 2.05) is 61.9 Å². The molecule has 188 valence electrons. The molecule has 0 saturated carbocycles. The molecule has 1 saturated heterocycles. The van der Waals surface area contributed by atoms with Crippen molar-refractivity contribution >= 4 is 28.8 Å². The van der Waals surface area contributed by atoms with Gasteiger partial charge in [0.05, 0.1) is 11.1 Å². The lowest BCUT2D eigenvalue weighted by molar-refractivity contribution is 0.00627. The monoisotopic (exact) mass is 514 g/mol. The largest absolute Gasteiger partial charge is 0.455 e. The van der Waals surface area contributed by atoms with Crippen LogP contribution in [0, 0.1) is 0 Å². The number of hydrogen-bond acceptors (Lipinski definition) is 9. The van der Waals surface area contributed by atoms with Crippen LogP contribution in [0.4, 0.5) is 5.82 Å². The predicted octanol–water partition coefficient (Wildman–Crippen LogP) is 5.73. The summed E-state index contributed by atoms with van der Waals surface area (Å²) < 4.78 is 13.5. The van der Waals surface area contributed by atoms with Gasteiger partial charge in [0.1, 0.15) is 17.1 Å². The summed E-state index contributed by atoms with van der Waals surface area (Å²) in [6, 6.07) is 9.54. The number of anilines is 1. The third-order valence-electron chi connectivity index (χ3n) is 6.12. The number of nitrogens with zero attached hydrogens (tertiary/aromatic N) is 6. The number of carbonyl (C=O) groups excluding carboxylic acids is 1. The fraction of sp³-hybridized carbons (Fsp3) is 0.296. The van der Waals surface area contributed by atoms with Crippen LogP contribution in [0.15, 0.2) is 57.9 Å². The number of rotatable bonds is 5. The van der Waals surface area contributed by atoms with Gasteiger partial charge in [0.15, 0.2) is 11.3 Å². The summed E-state index contributed by atoms with van der Waals surface area (Å²) in [6.45, 7) is 7.59. The van der Waals surface area contributed by atoms with Crippen LogP contribution >= 0.6 is 11.3 Å². The first kappa shape index (κ1) is 23.4. The van der Waals surface area contributed by atoms with Crippen LogP contribution in [0.5, 0.6) is 0 Å². The van der Waals surface area contributed by atoms with E-state index in [2.05, 4.69) is 20.1 Å². The Morgan fingerprint density at radius 1 is 1.05 bits per heavy atom. The maximum Gasteiger partial charge on any atom is 0.358 e. The van der Waals surface area contributed by atoms with Crippen LogP contribution in [0.3, 0.4) is 0 Å². The maximum absolute atomic E-state index is 13.3. The summed E-state index contributed by atoms with van der Waals surface area (Å²) in [6.07, 6.45) is 5.94. The van der Waals surface area contributed by atoms with Gasteiger partial charge in [-0.1, -0.05) is 0 Å². The van der Waals surface area contributed by atoms with Gasteiger partial charge in [-0.25, -0.2) is 14.8 Å². The zero-order valence-electron chi connectivity index (χ0n) is 20.8. The molecule has 5 aromatic rings.